The molecule has 0 spiro atoms. The lowest BCUT2D eigenvalue weighted by atomic mass is 9.44. The third kappa shape index (κ3) is 4.09. The number of aryl methyl sites for hydroxylation is 1. The van der Waals surface area contributed by atoms with Crippen LogP contribution in [0.1, 0.15) is 31.9 Å². The molecule has 59 heavy (non-hydrogen) atoms. The zero-order valence-corrected chi connectivity index (χ0v) is 33.8. The van der Waals surface area contributed by atoms with Gasteiger partial charge in [0.1, 0.15) is 22.3 Å². The minimum atomic E-state index is -0.0954. The van der Waals surface area contributed by atoms with Crippen molar-refractivity contribution in [3.63, 3.8) is 0 Å². The topological polar surface area (TPSA) is 34.5 Å². The van der Waals surface area contributed by atoms with Gasteiger partial charge in [0.05, 0.1) is 11.0 Å². The van der Waals surface area contributed by atoms with Crippen molar-refractivity contribution in [2.45, 2.75) is 33.1 Å². The number of fused-ring (bicyclic) bond motifs is 17. The number of nitrogens with zero attached hydrogens (tertiary/aromatic N) is 2. The van der Waals surface area contributed by atoms with Crippen LogP contribution in [0.5, 0.6) is 0 Å². The molecule has 4 aromatic heterocycles. The maximum Gasteiger partial charge on any atom is 0.333 e. The normalized spacial score (nSPS) is 13.7. The molecule has 12 aromatic rings. The molecule has 278 valence electrons. The average molecular weight is 775 g/mol. The molecule has 0 radical (unpaired) electrons. The van der Waals surface area contributed by atoms with Crippen LogP contribution in [0.15, 0.2) is 148 Å². The van der Waals surface area contributed by atoms with E-state index in [-0.39, 0.29) is 12.3 Å². The Morgan fingerprint density at radius 3 is 1.95 bits per heavy atom. The summed E-state index contributed by atoms with van der Waals surface area (Å²) in [5.41, 5.74) is 17.4. The van der Waals surface area contributed by atoms with E-state index < -0.39 is 0 Å². The van der Waals surface area contributed by atoms with Crippen LogP contribution in [-0.2, 0) is 5.41 Å². The van der Waals surface area contributed by atoms with Crippen LogP contribution >= 0.6 is 11.3 Å². The molecule has 0 unspecified atom stereocenters. The third-order valence-electron chi connectivity index (χ3n) is 13.4. The molecule has 2 aliphatic heterocycles. The zero-order valence-electron chi connectivity index (χ0n) is 33.0. The second-order valence-electron chi connectivity index (χ2n) is 17.7. The molecule has 0 aliphatic carbocycles. The number of hydrogen-bond acceptors (Lipinski definition) is 4. The lowest BCUT2D eigenvalue weighted by Crippen LogP contribution is -2.60. The van der Waals surface area contributed by atoms with Crippen LogP contribution in [0, 0.1) is 6.92 Å². The molecule has 0 saturated carbocycles. The molecule has 14 rings (SSSR count). The lowest BCUT2D eigenvalue weighted by molar-refractivity contribution is 0.590. The van der Waals surface area contributed by atoms with Crippen molar-refractivity contribution in [2.75, 3.05) is 4.81 Å². The van der Waals surface area contributed by atoms with E-state index >= 15 is 0 Å². The summed E-state index contributed by atoms with van der Waals surface area (Å²) >= 11 is 1.89. The summed E-state index contributed by atoms with van der Waals surface area (Å²) in [5.74, 6) is 0. The summed E-state index contributed by atoms with van der Waals surface area (Å²) in [5, 5.41) is 9.72. The van der Waals surface area contributed by atoms with Gasteiger partial charge in [-0.3, -0.25) is 0 Å². The van der Waals surface area contributed by atoms with Gasteiger partial charge in [0.15, 0.2) is 0 Å². The molecule has 0 amide bonds. The Balaban J connectivity index is 1.18. The predicted molar refractivity (Wildman–Crippen MR) is 251 cm³/mol. The molecule has 0 saturated heterocycles. The summed E-state index contributed by atoms with van der Waals surface area (Å²) < 4.78 is 18.4. The number of benzene rings is 8. The maximum absolute atomic E-state index is 6.63. The van der Waals surface area contributed by atoms with Crippen molar-refractivity contribution >= 4 is 126 Å². The Labute approximate surface area is 343 Å². The summed E-state index contributed by atoms with van der Waals surface area (Å²) in [6.07, 6.45) is 0. The van der Waals surface area contributed by atoms with Gasteiger partial charge >= 0.3 is 6.85 Å². The fourth-order valence-electron chi connectivity index (χ4n) is 10.7. The summed E-state index contributed by atoms with van der Waals surface area (Å²) in [7, 11) is 0. The molecule has 4 nitrogen and oxygen atoms in total. The van der Waals surface area contributed by atoms with Gasteiger partial charge in [-0.2, -0.15) is 0 Å². The molecule has 8 aromatic carbocycles. The largest absolute Gasteiger partial charge is 0.456 e. The standard InChI is InChI=1S/C53H35BN2O2S/c1-28-21-38-34-25-46-36(32-12-6-9-15-45(32)57-46)23-42(34)56(30-19-17-29(18-20-30)53(2,3)4)54-40-26-49-37(33-13-7-10-16-48(33)59-49)24-43(40)55-41-27-47-35(31-11-5-8-14-44(31)58-47)22-39(41)50(28)52(55)51(38)54/h5-27H,1-4H3. The SMILES string of the molecule is Cc1cc2c3c4c1c1cc5c(cc1n4-c1cc4c(cc1B3N(c1ccc(C(C)(C)C)cc1)c1cc3c(cc1-2)oc1ccccc13)sc1ccccc14)oc1ccccc15. The average Bonchev–Trinajstić information content (AvgIpc) is 3.99. The molecule has 2 aliphatic rings. The van der Waals surface area contributed by atoms with Crippen LogP contribution in [0.25, 0.3) is 103 Å². The first-order valence-corrected chi connectivity index (χ1v) is 21.3. The maximum atomic E-state index is 6.63. The third-order valence-corrected chi connectivity index (χ3v) is 14.5. The number of para-hydroxylation sites is 2. The Kier molecular flexibility index (Phi) is 5.92. The second kappa shape index (κ2) is 10.8. The van der Waals surface area contributed by atoms with Crippen molar-refractivity contribution in [2.24, 2.45) is 0 Å². The first kappa shape index (κ1) is 32.2. The highest BCUT2D eigenvalue weighted by Crippen LogP contribution is 2.50. The van der Waals surface area contributed by atoms with Gasteiger partial charge in [0, 0.05) is 81.2 Å². The molecule has 0 N–H and O–H groups in total. The molecule has 0 fully saturated rings. The number of aromatic nitrogens is 1. The van der Waals surface area contributed by atoms with Gasteiger partial charge < -0.3 is 18.2 Å². The van der Waals surface area contributed by atoms with Crippen LogP contribution in [-0.4, -0.2) is 11.4 Å². The Bertz CT molecular complexity index is 3850. The Morgan fingerprint density at radius 2 is 1.20 bits per heavy atom. The van der Waals surface area contributed by atoms with Crippen LogP contribution < -0.4 is 15.7 Å². The first-order chi connectivity index (χ1) is 28.8. The van der Waals surface area contributed by atoms with E-state index in [1.165, 1.54) is 92.2 Å². The number of rotatable bonds is 1. The van der Waals surface area contributed by atoms with Gasteiger partial charge in [-0.05, 0) is 101 Å². The quantitative estimate of drug-likeness (QED) is 0.156. The molecule has 0 bridgehead atoms. The number of thiophene rings is 1. The minimum Gasteiger partial charge on any atom is -0.456 e. The van der Waals surface area contributed by atoms with Crippen molar-refractivity contribution in [3.05, 3.63) is 151 Å². The van der Waals surface area contributed by atoms with Crippen molar-refractivity contribution in [3.8, 4) is 16.8 Å². The number of anilines is 2. The van der Waals surface area contributed by atoms with Crippen molar-refractivity contribution in [1.29, 1.82) is 0 Å². The van der Waals surface area contributed by atoms with E-state index in [2.05, 4.69) is 177 Å². The number of furan rings is 2. The Hall–Kier alpha value is -6.76. The van der Waals surface area contributed by atoms with Gasteiger partial charge in [-0.15, -0.1) is 11.3 Å². The fourth-order valence-corrected chi connectivity index (χ4v) is 11.9. The Morgan fingerprint density at radius 1 is 0.542 bits per heavy atom. The lowest BCUT2D eigenvalue weighted by Gasteiger charge is -2.42. The van der Waals surface area contributed by atoms with E-state index in [0.717, 1.165) is 43.9 Å². The summed E-state index contributed by atoms with van der Waals surface area (Å²) in [6.45, 7) is 9.08. The molecular weight excluding hydrogens is 739 g/mol. The van der Waals surface area contributed by atoms with E-state index in [9.17, 15) is 0 Å². The van der Waals surface area contributed by atoms with E-state index in [1.807, 2.05) is 11.3 Å². The van der Waals surface area contributed by atoms with Crippen LogP contribution in [0.3, 0.4) is 0 Å². The van der Waals surface area contributed by atoms with Crippen LogP contribution in [0.4, 0.5) is 11.4 Å². The van der Waals surface area contributed by atoms with Gasteiger partial charge in [0.2, 0.25) is 0 Å². The summed E-state index contributed by atoms with van der Waals surface area (Å²) in [6, 6.07) is 52.0. The summed E-state index contributed by atoms with van der Waals surface area (Å²) in [4.78, 5) is 2.64. The molecule has 0 atom stereocenters. The molecule has 6 heteroatoms. The van der Waals surface area contributed by atoms with E-state index in [1.54, 1.807) is 0 Å². The highest BCUT2D eigenvalue weighted by molar-refractivity contribution is 7.26. The van der Waals surface area contributed by atoms with E-state index in [4.69, 9.17) is 8.83 Å². The van der Waals surface area contributed by atoms with Crippen molar-refractivity contribution in [1.82, 2.24) is 4.57 Å². The first-order valence-electron chi connectivity index (χ1n) is 20.5. The van der Waals surface area contributed by atoms with Gasteiger partial charge in [-0.1, -0.05) is 93.6 Å². The van der Waals surface area contributed by atoms with Gasteiger partial charge in [-0.25, -0.2) is 0 Å². The highest BCUT2D eigenvalue weighted by Gasteiger charge is 2.45. The monoisotopic (exact) mass is 774 g/mol. The van der Waals surface area contributed by atoms with E-state index in [0.29, 0.717) is 0 Å². The molecule has 6 heterocycles. The minimum absolute atomic E-state index is 0.0339. The predicted octanol–water partition coefficient (Wildman–Crippen LogP) is 13.8. The fraction of sp³-hybridized carbons (Fsp3) is 0.0943. The zero-order chi connectivity index (χ0) is 39.1. The van der Waals surface area contributed by atoms with Crippen molar-refractivity contribution < 1.29 is 8.83 Å². The smallest absolute Gasteiger partial charge is 0.333 e. The highest BCUT2D eigenvalue weighted by atomic mass is 32.1. The number of hydrogen-bond donors (Lipinski definition) is 0. The van der Waals surface area contributed by atoms with Crippen LogP contribution in [0.2, 0.25) is 0 Å². The molecular formula is C53H35BN2O2S. The second-order valence-corrected chi connectivity index (χ2v) is 18.8. The van der Waals surface area contributed by atoms with Gasteiger partial charge in [0.25, 0.3) is 0 Å².